The Labute approximate surface area is 182 Å². The number of hydrogen-bond acceptors (Lipinski definition) is 4. The summed E-state index contributed by atoms with van der Waals surface area (Å²) in [5.41, 5.74) is 1.66. The molecule has 2 aromatic carbocycles. The SMILES string of the molecule is CCOC(=O)c1[nH]c2cc(Cl)cc(Cl)c2c1/C=C(/C(=O)OC)c1ccccc1Cl. The summed E-state index contributed by atoms with van der Waals surface area (Å²) < 4.78 is 10.1. The zero-order valence-corrected chi connectivity index (χ0v) is 17.8. The van der Waals surface area contributed by atoms with Crippen molar-refractivity contribution in [2.45, 2.75) is 6.92 Å². The second kappa shape index (κ2) is 8.91. The Morgan fingerprint density at radius 1 is 1.10 bits per heavy atom. The fourth-order valence-electron chi connectivity index (χ4n) is 2.96. The van der Waals surface area contributed by atoms with Crippen molar-refractivity contribution in [1.29, 1.82) is 0 Å². The largest absolute Gasteiger partial charge is 0.465 e. The molecule has 3 rings (SSSR count). The zero-order valence-electron chi connectivity index (χ0n) is 15.5. The molecule has 0 spiro atoms. The Hall–Kier alpha value is -2.47. The van der Waals surface area contributed by atoms with Gasteiger partial charge in [-0.1, -0.05) is 53.0 Å². The Morgan fingerprint density at radius 3 is 2.48 bits per heavy atom. The summed E-state index contributed by atoms with van der Waals surface area (Å²) in [6.45, 7) is 1.88. The minimum atomic E-state index is -0.618. The van der Waals surface area contributed by atoms with E-state index in [0.717, 1.165) is 0 Å². The quantitative estimate of drug-likeness (QED) is 0.380. The molecule has 0 atom stereocenters. The van der Waals surface area contributed by atoms with Crippen molar-refractivity contribution >= 4 is 69.3 Å². The maximum Gasteiger partial charge on any atom is 0.355 e. The van der Waals surface area contributed by atoms with E-state index in [1.807, 2.05) is 0 Å². The highest BCUT2D eigenvalue weighted by molar-refractivity contribution is 6.40. The lowest BCUT2D eigenvalue weighted by molar-refractivity contribution is -0.133. The van der Waals surface area contributed by atoms with Crippen LogP contribution in [0.4, 0.5) is 0 Å². The Kier molecular flexibility index (Phi) is 6.52. The van der Waals surface area contributed by atoms with Gasteiger partial charge in [0.15, 0.2) is 0 Å². The van der Waals surface area contributed by atoms with E-state index in [0.29, 0.717) is 37.1 Å². The lowest BCUT2D eigenvalue weighted by atomic mass is 10.0. The van der Waals surface area contributed by atoms with E-state index < -0.39 is 11.9 Å². The van der Waals surface area contributed by atoms with Gasteiger partial charge in [-0.15, -0.1) is 0 Å². The zero-order chi connectivity index (χ0) is 21.1. The van der Waals surface area contributed by atoms with Gasteiger partial charge in [-0.25, -0.2) is 9.59 Å². The highest BCUT2D eigenvalue weighted by atomic mass is 35.5. The van der Waals surface area contributed by atoms with Crippen LogP contribution in [0.15, 0.2) is 36.4 Å². The van der Waals surface area contributed by atoms with Crippen LogP contribution in [-0.4, -0.2) is 30.6 Å². The minimum Gasteiger partial charge on any atom is -0.465 e. The van der Waals surface area contributed by atoms with Crippen molar-refractivity contribution in [2.24, 2.45) is 0 Å². The van der Waals surface area contributed by atoms with Gasteiger partial charge in [0.25, 0.3) is 0 Å². The predicted octanol–water partition coefficient (Wildman–Crippen LogP) is 6.02. The highest BCUT2D eigenvalue weighted by Crippen LogP contribution is 2.36. The second-order valence-electron chi connectivity index (χ2n) is 5.97. The third-order valence-electron chi connectivity index (χ3n) is 4.19. The molecule has 0 bridgehead atoms. The second-order valence-corrected chi connectivity index (χ2v) is 7.22. The molecule has 0 aliphatic rings. The predicted molar refractivity (Wildman–Crippen MR) is 116 cm³/mol. The molecule has 0 unspecified atom stereocenters. The standard InChI is InChI=1S/C21H16Cl3NO4/c1-3-29-21(27)19-14(18-16(24)8-11(22)9-17(18)25-19)10-13(20(26)28-2)12-6-4-5-7-15(12)23/h4-10,25H,3H2,1-2H3/b13-10+. The molecule has 0 saturated heterocycles. The third kappa shape index (κ3) is 4.27. The van der Waals surface area contributed by atoms with Gasteiger partial charge < -0.3 is 14.5 Å². The fourth-order valence-corrected chi connectivity index (χ4v) is 3.79. The number of hydrogen-bond donors (Lipinski definition) is 1. The molecular formula is C21H16Cl3NO4. The number of halogens is 3. The molecule has 8 heteroatoms. The number of carbonyl (C=O) groups excluding carboxylic acids is 2. The van der Waals surface area contributed by atoms with Gasteiger partial charge in [0.1, 0.15) is 5.69 Å². The van der Waals surface area contributed by atoms with Gasteiger partial charge in [-0.3, -0.25) is 0 Å². The maximum absolute atomic E-state index is 12.6. The molecule has 3 aromatic rings. The van der Waals surface area contributed by atoms with Crippen molar-refractivity contribution in [3.05, 3.63) is 68.3 Å². The molecular weight excluding hydrogens is 437 g/mol. The van der Waals surface area contributed by atoms with Crippen molar-refractivity contribution in [3.63, 3.8) is 0 Å². The first-order valence-corrected chi connectivity index (χ1v) is 9.73. The number of esters is 2. The molecule has 1 N–H and O–H groups in total. The lowest BCUT2D eigenvalue weighted by Crippen LogP contribution is -2.08. The summed E-state index contributed by atoms with van der Waals surface area (Å²) in [4.78, 5) is 28.1. The maximum atomic E-state index is 12.6. The van der Waals surface area contributed by atoms with E-state index >= 15 is 0 Å². The fraction of sp³-hybridized carbons (Fsp3) is 0.143. The van der Waals surface area contributed by atoms with Gasteiger partial charge in [-0.2, -0.15) is 0 Å². The van der Waals surface area contributed by atoms with Crippen LogP contribution in [0.3, 0.4) is 0 Å². The molecule has 0 aliphatic heterocycles. The molecule has 150 valence electrons. The van der Waals surface area contributed by atoms with E-state index in [4.69, 9.17) is 44.3 Å². The first-order valence-electron chi connectivity index (χ1n) is 8.60. The molecule has 0 radical (unpaired) electrons. The number of benzene rings is 2. The number of aromatic amines is 1. The number of methoxy groups -OCH3 is 1. The first kappa shape index (κ1) is 21.2. The molecule has 5 nitrogen and oxygen atoms in total. The molecule has 1 aromatic heterocycles. The van der Waals surface area contributed by atoms with E-state index in [9.17, 15) is 9.59 Å². The normalized spacial score (nSPS) is 11.6. The topological polar surface area (TPSA) is 68.4 Å². The van der Waals surface area contributed by atoms with Crippen LogP contribution in [0.1, 0.15) is 28.5 Å². The Balaban J connectivity index is 2.35. The first-order chi connectivity index (χ1) is 13.9. The van der Waals surface area contributed by atoms with Gasteiger partial charge in [0, 0.05) is 32.1 Å². The van der Waals surface area contributed by atoms with Crippen molar-refractivity contribution in [2.75, 3.05) is 13.7 Å². The highest BCUT2D eigenvalue weighted by Gasteiger charge is 2.23. The molecule has 0 saturated carbocycles. The van der Waals surface area contributed by atoms with E-state index in [2.05, 4.69) is 4.98 Å². The smallest absolute Gasteiger partial charge is 0.355 e. The number of H-pyrrole nitrogens is 1. The molecule has 0 aliphatic carbocycles. The van der Waals surface area contributed by atoms with Crippen LogP contribution in [-0.2, 0) is 14.3 Å². The average Bonchev–Trinajstić information content (AvgIpc) is 3.05. The summed E-state index contributed by atoms with van der Waals surface area (Å²) in [6, 6.07) is 10.0. The number of carbonyl (C=O) groups is 2. The van der Waals surface area contributed by atoms with Gasteiger partial charge >= 0.3 is 11.9 Å². The Bertz CT molecular complexity index is 1130. The molecule has 29 heavy (non-hydrogen) atoms. The summed E-state index contributed by atoms with van der Waals surface area (Å²) in [6.07, 6.45) is 1.51. The number of aromatic nitrogens is 1. The van der Waals surface area contributed by atoms with Crippen LogP contribution in [0.25, 0.3) is 22.6 Å². The summed E-state index contributed by atoms with van der Waals surface area (Å²) in [5.74, 6) is -1.21. The van der Waals surface area contributed by atoms with Gasteiger partial charge in [-0.05, 0) is 31.2 Å². The van der Waals surface area contributed by atoms with Crippen molar-refractivity contribution in [1.82, 2.24) is 4.98 Å². The number of fused-ring (bicyclic) bond motifs is 1. The summed E-state index contributed by atoms with van der Waals surface area (Å²) >= 11 is 18.8. The van der Waals surface area contributed by atoms with E-state index in [-0.39, 0.29) is 17.9 Å². The molecule has 0 fully saturated rings. The monoisotopic (exact) mass is 451 g/mol. The Morgan fingerprint density at radius 2 is 1.83 bits per heavy atom. The minimum absolute atomic E-state index is 0.138. The summed E-state index contributed by atoms with van der Waals surface area (Å²) in [7, 11) is 1.27. The molecule has 0 amide bonds. The van der Waals surface area contributed by atoms with Crippen molar-refractivity contribution < 1.29 is 19.1 Å². The third-order valence-corrected chi connectivity index (χ3v) is 5.04. The van der Waals surface area contributed by atoms with E-state index in [1.54, 1.807) is 43.3 Å². The van der Waals surface area contributed by atoms with Crippen LogP contribution in [0, 0.1) is 0 Å². The van der Waals surface area contributed by atoms with Crippen molar-refractivity contribution in [3.8, 4) is 0 Å². The summed E-state index contributed by atoms with van der Waals surface area (Å²) in [5, 5.41) is 1.59. The number of ether oxygens (including phenoxy) is 2. The van der Waals surface area contributed by atoms with Gasteiger partial charge in [0.05, 0.1) is 24.3 Å². The van der Waals surface area contributed by atoms with Crippen LogP contribution in [0.2, 0.25) is 15.1 Å². The molecule has 1 heterocycles. The lowest BCUT2D eigenvalue weighted by Gasteiger charge is -2.09. The van der Waals surface area contributed by atoms with Crippen LogP contribution < -0.4 is 0 Å². The van der Waals surface area contributed by atoms with Crippen LogP contribution in [0.5, 0.6) is 0 Å². The van der Waals surface area contributed by atoms with Gasteiger partial charge in [0.2, 0.25) is 0 Å². The van der Waals surface area contributed by atoms with E-state index in [1.165, 1.54) is 13.2 Å². The van der Waals surface area contributed by atoms with Crippen LogP contribution >= 0.6 is 34.8 Å². The number of nitrogens with one attached hydrogen (secondary N) is 1. The average molecular weight is 453 g/mol. The number of rotatable bonds is 5.